The molecule has 25 heavy (non-hydrogen) atoms. The van der Waals surface area contributed by atoms with Gasteiger partial charge in [-0.05, 0) is 12.1 Å². The predicted molar refractivity (Wildman–Crippen MR) is 93.5 cm³/mol. The molecule has 0 unspecified atom stereocenters. The van der Waals surface area contributed by atoms with E-state index in [1.165, 1.54) is 9.80 Å². The summed E-state index contributed by atoms with van der Waals surface area (Å²) in [7, 11) is 6.42. The molecule has 8 heteroatoms. The summed E-state index contributed by atoms with van der Waals surface area (Å²) in [5, 5.41) is 2.56. The first-order valence-corrected chi connectivity index (χ1v) is 7.99. The van der Waals surface area contributed by atoms with Crippen LogP contribution in [-0.4, -0.2) is 81.5 Å². The number of rotatable bonds is 5. The number of fused-ring (bicyclic) bond motifs is 1. The van der Waals surface area contributed by atoms with Crippen molar-refractivity contribution in [1.82, 2.24) is 15.1 Å². The standard InChI is InChI=1S/C17H24N4O4/c1-18-17(24)14-9-21(12-7-5-6-8-13(12)25-14)11-16(23)20(4)10-15(22)19(2)3/h5-8,14H,9-11H2,1-4H3,(H,18,24)/t14-/m0/s1. The second-order valence-corrected chi connectivity index (χ2v) is 6.11. The molecule has 1 aliphatic heterocycles. The number of nitrogens with zero attached hydrogens (tertiary/aromatic N) is 3. The number of hydrogen-bond acceptors (Lipinski definition) is 5. The molecule has 136 valence electrons. The molecule has 3 amide bonds. The average molecular weight is 348 g/mol. The van der Waals surface area contributed by atoms with Gasteiger partial charge in [-0.25, -0.2) is 0 Å². The number of para-hydroxylation sites is 2. The fourth-order valence-electron chi connectivity index (χ4n) is 2.47. The SMILES string of the molecule is CNC(=O)[C@@H]1CN(CC(=O)N(C)CC(=O)N(C)C)c2ccccc2O1. The van der Waals surface area contributed by atoms with Gasteiger partial charge in [0.25, 0.3) is 5.91 Å². The Kier molecular flexibility index (Phi) is 5.84. The lowest BCUT2D eigenvalue weighted by Gasteiger charge is -2.35. The lowest BCUT2D eigenvalue weighted by atomic mass is 10.1. The highest BCUT2D eigenvalue weighted by molar-refractivity contribution is 5.88. The van der Waals surface area contributed by atoms with Crippen LogP contribution in [0.5, 0.6) is 5.75 Å². The Labute approximate surface area is 147 Å². The largest absolute Gasteiger partial charge is 0.477 e. The normalized spacial score (nSPS) is 15.7. The van der Waals surface area contributed by atoms with E-state index in [0.717, 1.165) is 5.69 Å². The van der Waals surface area contributed by atoms with Crippen LogP contribution in [0.15, 0.2) is 24.3 Å². The van der Waals surface area contributed by atoms with Gasteiger partial charge >= 0.3 is 0 Å². The number of amides is 3. The van der Waals surface area contributed by atoms with Crippen LogP contribution >= 0.6 is 0 Å². The maximum atomic E-state index is 12.5. The highest BCUT2D eigenvalue weighted by atomic mass is 16.5. The zero-order chi connectivity index (χ0) is 18.6. The Hall–Kier alpha value is -2.77. The van der Waals surface area contributed by atoms with Crippen LogP contribution in [0.4, 0.5) is 5.69 Å². The van der Waals surface area contributed by atoms with Crippen molar-refractivity contribution in [3.8, 4) is 5.75 Å². The Morgan fingerprint density at radius 2 is 1.88 bits per heavy atom. The van der Waals surface area contributed by atoms with Crippen molar-refractivity contribution in [2.75, 3.05) is 52.7 Å². The zero-order valence-corrected chi connectivity index (χ0v) is 15.0. The summed E-state index contributed by atoms with van der Waals surface area (Å²) in [6.07, 6.45) is -0.693. The van der Waals surface area contributed by atoms with Crippen molar-refractivity contribution in [2.45, 2.75) is 6.10 Å². The molecule has 0 aromatic heterocycles. The number of nitrogens with one attached hydrogen (secondary N) is 1. The van der Waals surface area contributed by atoms with Crippen LogP contribution in [-0.2, 0) is 14.4 Å². The Balaban J connectivity index is 2.12. The smallest absolute Gasteiger partial charge is 0.262 e. The minimum atomic E-state index is -0.693. The number of hydrogen-bond donors (Lipinski definition) is 1. The topological polar surface area (TPSA) is 82.2 Å². The first-order chi connectivity index (χ1) is 11.8. The van der Waals surface area contributed by atoms with Gasteiger partial charge in [0.05, 0.1) is 25.3 Å². The second kappa shape index (κ2) is 7.87. The van der Waals surface area contributed by atoms with E-state index in [1.807, 2.05) is 18.2 Å². The summed E-state index contributed by atoms with van der Waals surface area (Å²) >= 11 is 0. The highest BCUT2D eigenvalue weighted by Gasteiger charge is 2.31. The molecule has 2 rings (SSSR count). The molecule has 0 saturated carbocycles. The fraction of sp³-hybridized carbons (Fsp3) is 0.471. The molecular formula is C17H24N4O4. The van der Waals surface area contributed by atoms with E-state index >= 15 is 0 Å². The number of carbonyl (C=O) groups is 3. The lowest BCUT2D eigenvalue weighted by molar-refractivity contribution is -0.137. The molecule has 0 radical (unpaired) electrons. The minimum Gasteiger partial charge on any atom is -0.477 e. The summed E-state index contributed by atoms with van der Waals surface area (Å²) in [5.74, 6) is -0.0470. The molecule has 0 bridgehead atoms. The zero-order valence-electron chi connectivity index (χ0n) is 15.0. The van der Waals surface area contributed by atoms with Crippen molar-refractivity contribution in [2.24, 2.45) is 0 Å². The van der Waals surface area contributed by atoms with Crippen molar-refractivity contribution < 1.29 is 19.1 Å². The molecule has 8 nitrogen and oxygen atoms in total. The molecule has 1 N–H and O–H groups in total. The van der Waals surface area contributed by atoms with Gasteiger partial charge in [0, 0.05) is 28.2 Å². The molecule has 1 aromatic rings. The third-order valence-electron chi connectivity index (χ3n) is 4.02. The van der Waals surface area contributed by atoms with E-state index < -0.39 is 6.10 Å². The molecule has 0 aliphatic carbocycles. The summed E-state index contributed by atoms with van der Waals surface area (Å²) in [6, 6.07) is 7.26. The van der Waals surface area contributed by atoms with Gasteiger partial charge in [-0.2, -0.15) is 0 Å². The predicted octanol–water partition coefficient (Wildman–Crippen LogP) is -0.453. The lowest BCUT2D eigenvalue weighted by Crippen LogP contribution is -2.51. The van der Waals surface area contributed by atoms with E-state index in [1.54, 1.807) is 39.2 Å². The van der Waals surface area contributed by atoms with E-state index in [0.29, 0.717) is 5.75 Å². The minimum absolute atomic E-state index is 0.0106. The van der Waals surface area contributed by atoms with Crippen molar-refractivity contribution in [3.63, 3.8) is 0 Å². The summed E-state index contributed by atoms with van der Waals surface area (Å²) in [4.78, 5) is 40.9. The first kappa shape index (κ1) is 18.6. The second-order valence-electron chi connectivity index (χ2n) is 6.11. The van der Waals surface area contributed by atoms with E-state index in [9.17, 15) is 14.4 Å². The molecule has 0 saturated heterocycles. The molecule has 0 spiro atoms. The molecule has 1 aromatic carbocycles. The van der Waals surface area contributed by atoms with Gasteiger partial charge in [-0.1, -0.05) is 12.1 Å². The van der Waals surface area contributed by atoms with Gasteiger partial charge < -0.3 is 24.8 Å². The monoisotopic (exact) mass is 348 g/mol. The van der Waals surface area contributed by atoms with E-state index in [2.05, 4.69) is 5.32 Å². The Bertz CT molecular complexity index is 662. The highest BCUT2D eigenvalue weighted by Crippen LogP contribution is 2.32. The summed E-state index contributed by atoms with van der Waals surface area (Å²) in [6.45, 7) is 0.333. The van der Waals surface area contributed by atoms with Crippen molar-refractivity contribution >= 4 is 23.4 Å². The number of likely N-dealkylation sites (N-methyl/N-ethyl adjacent to an activating group) is 3. The third kappa shape index (κ3) is 4.40. The molecule has 0 fully saturated rings. The number of benzene rings is 1. The Morgan fingerprint density at radius 1 is 1.20 bits per heavy atom. The van der Waals surface area contributed by atoms with Gasteiger partial charge in [-0.3, -0.25) is 14.4 Å². The van der Waals surface area contributed by atoms with Gasteiger partial charge in [0.15, 0.2) is 6.10 Å². The molecule has 1 atom stereocenters. The maximum absolute atomic E-state index is 12.5. The van der Waals surface area contributed by atoms with Crippen LogP contribution in [0.1, 0.15) is 0 Å². The van der Waals surface area contributed by atoms with Gasteiger partial charge in [-0.15, -0.1) is 0 Å². The van der Waals surface area contributed by atoms with Crippen molar-refractivity contribution in [3.05, 3.63) is 24.3 Å². The van der Waals surface area contributed by atoms with E-state index in [4.69, 9.17) is 4.74 Å². The number of ether oxygens (including phenoxy) is 1. The molecule has 1 heterocycles. The first-order valence-electron chi connectivity index (χ1n) is 7.99. The average Bonchev–Trinajstić information content (AvgIpc) is 2.60. The Morgan fingerprint density at radius 3 is 2.52 bits per heavy atom. The van der Waals surface area contributed by atoms with Crippen LogP contribution < -0.4 is 15.0 Å². The van der Waals surface area contributed by atoms with Gasteiger partial charge in [0.1, 0.15) is 5.75 Å². The quantitative estimate of drug-likeness (QED) is 0.779. The maximum Gasteiger partial charge on any atom is 0.262 e. The van der Waals surface area contributed by atoms with Crippen LogP contribution in [0, 0.1) is 0 Å². The third-order valence-corrected chi connectivity index (χ3v) is 4.02. The van der Waals surface area contributed by atoms with Crippen LogP contribution in [0.3, 0.4) is 0 Å². The molecular weight excluding hydrogens is 324 g/mol. The van der Waals surface area contributed by atoms with Gasteiger partial charge in [0.2, 0.25) is 11.8 Å². The summed E-state index contributed by atoms with van der Waals surface area (Å²) in [5.41, 5.74) is 0.753. The van der Waals surface area contributed by atoms with Crippen LogP contribution in [0.2, 0.25) is 0 Å². The number of anilines is 1. The fourth-order valence-corrected chi connectivity index (χ4v) is 2.47. The number of carbonyl (C=O) groups excluding carboxylic acids is 3. The van der Waals surface area contributed by atoms with Crippen LogP contribution in [0.25, 0.3) is 0 Å². The summed E-state index contributed by atoms with van der Waals surface area (Å²) < 4.78 is 5.71. The van der Waals surface area contributed by atoms with Crippen molar-refractivity contribution in [1.29, 1.82) is 0 Å². The molecule has 1 aliphatic rings. The van der Waals surface area contributed by atoms with E-state index in [-0.39, 0.29) is 37.4 Å².